The third-order valence-corrected chi connectivity index (χ3v) is 3.30. The van der Waals surface area contributed by atoms with E-state index in [0.29, 0.717) is 18.5 Å². The van der Waals surface area contributed by atoms with Gasteiger partial charge in [0.2, 0.25) is 0 Å². The summed E-state index contributed by atoms with van der Waals surface area (Å²) in [5, 5.41) is 6.35. The van der Waals surface area contributed by atoms with Gasteiger partial charge in [-0.25, -0.2) is 8.78 Å². The van der Waals surface area contributed by atoms with Crippen LogP contribution in [0.3, 0.4) is 0 Å². The number of hydrogen-bond donors (Lipinski definition) is 2. The molecule has 1 aliphatic carbocycles. The van der Waals surface area contributed by atoms with Crippen LogP contribution in [0.25, 0.3) is 0 Å². The first-order chi connectivity index (χ1) is 9.70. The van der Waals surface area contributed by atoms with Crippen molar-refractivity contribution < 1.29 is 8.78 Å². The minimum Gasteiger partial charge on any atom is -0.356 e. The van der Waals surface area contributed by atoms with Gasteiger partial charge in [-0.15, -0.1) is 24.0 Å². The Bertz CT molecular complexity index is 489. The molecule has 0 bridgehead atoms. The molecular formula is C15H20F2IN3. The van der Waals surface area contributed by atoms with Crippen LogP contribution < -0.4 is 10.6 Å². The number of aliphatic imine (C=N–C) groups is 1. The predicted molar refractivity (Wildman–Crippen MR) is 92.1 cm³/mol. The van der Waals surface area contributed by atoms with Crippen LogP contribution in [-0.4, -0.2) is 25.6 Å². The third kappa shape index (κ3) is 5.26. The molecule has 2 rings (SSSR count). The minimum atomic E-state index is -0.505. The normalized spacial score (nSPS) is 14.9. The highest BCUT2D eigenvalue weighted by Gasteiger charge is 2.12. The summed E-state index contributed by atoms with van der Waals surface area (Å²) in [5.74, 6) is -0.347. The fourth-order valence-corrected chi connectivity index (χ4v) is 2.20. The molecule has 116 valence electrons. The SMILES string of the molecule is CN=C(NCCc1c(F)cccc1F)NC1CC=CC1.I. The van der Waals surface area contributed by atoms with E-state index in [9.17, 15) is 8.78 Å². The lowest BCUT2D eigenvalue weighted by Crippen LogP contribution is -2.43. The van der Waals surface area contributed by atoms with Gasteiger partial charge in [0.05, 0.1) is 0 Å². The standard InChI is InChI=1S/C15H19F2N3.HI/c1-18-15(20-11-5-2-3-6-11)19-10-9-12-13(16)7-4-8-14(12)17;/h2-4,7-8,11H,5-6,9-10H2,1H3,(H2,18,19,20);1H. The van der Waals surface area contributed by atoms with Crippen LogP contribution in [0.1, 0.15) is 18.4 Å². The Balaban J connectivity index is 0.00000220. The van der Waals surface area contributed by atoms with E-state index in [4.69, 9.17) is 0 Å². The van der Waals surface area contributed by atoms with Crippen LogP contribution in [0.4, 0.5) is 8.78 Å². The summed E-state index contributed by atoms with van der Waals surface area (Å²) in [4.78, 5) is 4.11. The van der Waals surface area contributed by atoms with E-state index < -0.39 is 11.6 Å². The van der Waals surface area contributed by atoms with E-state index in [-0.39, 0.29) is 36.0 Å². The summed E-state index contributed by atoms with van der Waals surface area (Å²) in [5.41, 5.74) is 0.109. The van der Waals surface area contributed by atoms with Gasteiger partial charge in [0, 0.05) is 25.2 Å². The fraction of sp³-hybridized carbons (Fsp3) is 0.400. The Hall–Kier alpha value is -1.18. The molecule has 6 heteroatoms. The Morgan fingerprint density at radius 3 is 2.43 bits per heavy atom. The quantitative estimate of drug-likeness (QED) is 0.349. The van der Waals surface area contributed by atoms with Crippen LogP contribution >= 0.6 is 24.0 Å². The maximum absolute atomic E-state index is 13.5. The molecule has 0 unspecified atom stereocenters. The molecule has 0 fully saturated rings. The van der Waals surface area contributed by atoms with Crippen molar-refractivity contribution in [3.63, 3.8) is 0 Å². The summed E-state index contributed by atoms with van der Waals surface area (Å²) in [6.07, 6.45) is 6.48. The first-order valence-electron chi connectivity index (χ1n) is 6.75. The summed E-state index contributed by atoms with van der Waals surface area (Å²) < 4.78 is 26.9. The molecule has 0 aliphatic heterocycles. The number of nitrogens with zero attached hydrogens (tertiary/aromatic N) is 1. The summed E-state index contributed by atoms with van der Waals surface area (Å²) >= 11 is 0. The van der Waals surface area contributed by atoms with Gasteiger partial charge in [0.15, 0.2) is 5.96 Å². The van der Waals surface area contributed by atoms with Gasteiger partial charge >= 0.3 is 0 Å². The molecule has 0 amide bonds. The van der Waals surface area contributed by atoms with E-state index in [1.165, 1.54) is 18.2 Å². The Morgan fingerprint density at radius 2 is 1.86 bits per heavy atom. The van der Waals surface area contributed by atoms with Crippen molar-refractivity contribution in [2.24, 2.45) is 4.99 Å². The van der Waals surface area contributed by atoms with Gasteiger partial charge in [-0.3, -0.25) is 4.99 Å². The van der Waals surface area contributed by atoms with Gasteiger partial charge in [0.1, 0.15) is 11.6 Å². The number of hydrogen-bond acceptors (Lipinski definition) is 1. The van der Waals surface area contributed by atoms with Gasteiger partial charge in [-0.05, 0) is 31.4 Å². The molecule has 0 heterocycles. The lowest BCUT2D eigenvalue weighted by Gasteiger charge is -2.17. The molecule has 0 aromatic heterocycles. The maximum Gasteiger partial charge on any atom is 0.191 e. The number of halogens is 3. The molecule has 0 saturated heterocycles. The second kappa shape index (κ2) is 8.96. The highest BCUT2D eigenvalue weighted by atomic mass is 127. The molecular weight excluding hydrogens is 387 g/mol. The van der Waals surface area contributed by atoms with Gasteiger partial charge in [-0.2, -0.15) is 0 Å². The molecule has 2 N–H and O–H groups in total. The van der Waals surface area contributed by atoms with E-state index in [0.717, 1.165) is 12.8 Å². The van der Waals surface area contributed by atoms with E-state index >= 15 is 0 Å². The van der Waals surface area contributed by atoms with Crippen LogP contribution in [0, 0.1) is 11.6 Å². The van der Waals surface area contributed by atoms with Crippen molar-refractivity contribution >= 4 is 29.9 Å². The molecule has 0 atom stereocenters. The summed E-state index contributed by atoms with van der Waals surface area (Å²) in [7, 11) is 1.68. The largest absolute Gasteiger partial charge is 0.356 e. The second-order valence-corrected chi connectivity index (χ2v) is 4.73. The molecule has 1 aromatic rings. The van der Waals surface area contributed by atoms with Crippen LogP contribution in [0.2, 0.25) is 0 Å². The predicted octanol–water partition coefficient (Wildman–Crippen LogP) is 3.01. The lowest BCUT2D eigenvalue weighted by atomic mass is 10.1. The number of guanidine groups is 1. The highest BCUT2D eigenvalue weighted by Crippen LogP contribution is 2.12. The maximum atomic E-state index is 13.5. The van der Waals surface area contributed by atoms with Crippen LogP contribution in [-0.2, 0) is 6.42 Å². The van der Waals surface area contributed by atoms with E-state index in [2.05, 4.69) is 27.8 Å². The van der Waals surface area contributed by atoms with Crippen molar-refractivity contribution in [1.29, 1.82) is 0 Å². The first-order valence-corrected chi connectivity index (χ1v) is 6.75. The van der Waals surface area contributed by atoms with E-state index in [1.807, 2.05) is 0 Å². The van der Waals surface area contributed by atoms with Crippen molar-refractivity contribution in [3.05, 3.63) is 47.5 Å². The highest BCUT2D eigenvalue weighted by molar-refractivity contribution is 14.0. The number of rotatable bonds is 4. The molecule has 0 radical (unpaired) electrons. The van der Waals surface area contributed by atoms with Gasteiger partial charge in [0.25, 0.3) is 0 Å². The van der Waals surface area contributed by atoms with Crippen molar-refractivity contribution in [3.8, 4) is 0 Å². The zero-order chi connectivity index (χ0) is 14.4. The summed E-state index contributed by atoms with van der Waals surface area (Å²) in [6, 6.07) is 4.27. The van der Waals surface area contributed by atoms with Crippen molar-refractivity contribution in [1.82, 2.24) is 10.6 Å². The second-order valence-electron chi connectivity index (χ2n) is 4.73. The monoisotopic (exact) mass is 407 g/mol. The number of benzene rings is 1. The lowest BCUT2D eigenvalue weighted by molar-refractivity contribution is 0.552. The van der Waals surface area contributed by atoms with Crippen LogP contribution in [0.15, 0.2) is 35.3 Å². The first kappa shape index (κ1) is 17.9. The number of nitrogens with one attached hydrogen (secondary N) is 2. The van der Waals surface area contributed by atoms with Gasteiger partial charge < -0.3 is 10.6 Å². The average molecular weight is 407 g/mol. The fourth-order valence-electron chi connectivity index (χ4n) is 2.20. The smallest absolute Gasteiger partial charge is 0.191 e. The third-order valence-electron chi connectivity index (χ3n) is 3.30. The van der Waals surface area contributed by atoms with Crippen LogP contribution in [0.5, 0.6) is 0 Å². The van der Waals surface area contributed by atoms with Crippen molar-refractivity contribution in [2.45, 2.75) is 25.3 Å². The molecule has 3 nitrogen and oxygen atoms in total. The zero-order valence-corrected chi connectivity index (χ0v) is 14.2. The van der Waals surface area contributed by atoms with Crippen molar-refractivity contribution in [2.75, 3.05) is 13.6 Å². The van der Waals surface area contributed by atoms with E-state index in [1.54, 1.807) is 7.05 Å². The Labute approximate surface area is 140 Å². The van der Waals surface area contributed by atoms with Gasteiger partial charge in [-0.1, -0.05) is 18.2 Å². The topological polar surface area (TPSA) is 36.4 Å². The molecule has 0 spiro atoms. The molecule has 1 aromatic carbocycles. The zero-order valence-electron chi connectivity index (χ0n) is 11.9. The Morgan fingerprint density at radius 1 is 1.24 bits per heavy atom. The minimum absolute atomic E-state index is 0. The average Bonchev–Trinajstić information content (AvgIpc) is 2.93. The summed E-state index contributed by atoms with van der Waals surface area (Å²) in [6.45, 7) is 0.428. The molecule has 21 heavy (non-hydrogen) atoms. The molecule has 0 saturated carbocycles. The Kier molecular flexibility index (Phi) is 7.63. The molecule has 1 aliphatic rings.